The third kappa shape index (κ3) is 6.42. The van der Waals surface area contributed by atoms with Gasteiger partial charge in [-0.25, -0.2) is 9.80 Å². The van der Waals surface area contributed by atoms with Crippen LogP contribution < -0.4 is 9.80 Å². The van der Waals surface area contributed by atoms with Gasteiger partial charge in [-0.2, -0.15) is 0 Å². The molecule has 2 heterocycles. The van der Waals surface area contributed by atoms with Crippen molar-refractivity contribution < 1.29 is 28.8 Å². The van der Waals surface area contributed by atoms with Gasteiger partial charge in [0, 0.05) is 44.2 Å². The Kier molecular flexibility index (Phi) is 10.3. The summed E-state index contributed by atoms with van der Waals surface area (Å²) in [6, 6.07) is 38.1. The Bertz CT molecular complexity index is 3360. The van der Waals surface area contributed by atoms with E-state index in [9.17, 15) is 9.59 Å². The fraction of sp³-hybridized carbons (Fsp3) is 0.194. The number of benzene rings is 9. The highest BCUT2D eigenvalue weighted by Crippen LogP contribution is 2.50. The summed E-state index contributed by atoms with van der Waals surface area (Å²) in [4.78, 5) is 86.2. The second-order valence-corrected chi connectivity index (χ2v) is 20.1. The fourth-order valence-corrected chi connectivity index (χ4v) is 11.2. The molecule has 0 radical (unpaired) electrons. The summed E-state index contributed by atoms with van der Waals surface area (Å²) in [6.45, 7) is 16.5. The van der Waals surface area contributed by atoms with E-state index in [1.807, 2.05) is 72.8 Å². The largest absolute Gasteiger partial charge is 0.298 e. The molecule has 9 aromatic rings. The van der Waals surface area contributed by atoms with Crippen LogP contribution in [0.15, 0.2) is 121 Å². The van der Waals surface area contributed by atoms with Crippen LogP contribution in [0.4, 0.5) is 11.4 Å². The Morgan fingerprint density at radius 1 is 0.329 bits per heavy atom. The summed E-state index contributed by atoms with van der Waals surface area (Å²) in [6.07, 6.45) is 1.64. The number of carbonyl (C=O) groups is 6. The lowest BCUT2D eigenvalue weighted by Gasteiger charge is -2.34. The minimum atomic E-state index is -0.397. The van der Waals surface area contributed by atoms with E-state index in [1.165, 1.54) is 9.80 Å². The smallest absolute Gasteiger partial charge is 0.266 e. The molecular weight excluding hydrogens is 869 g/mol. The second kappa shape index (κ2) is 16.3. The van der Waals surface area contributed by atoms with Gasteiger partial charge in [-0.05, 0) is 149 Å². The van der Waals surface area contributed by atoms with Crippen LogP contribution in [0, 0.1) is 0 Å². The van der Waals surface area contributed by atoms with Gasteiger partial charge in [0.25, 0.3) is 23.6 Å². The molecule has 9 aromatic carbocycles. The van der Waals surface area contributed by atoms with Gasteiger partial charge in [0.05, 0.1) is 11.4 Å². The number of hydrogen-bond donors (Lipinski definition) is 0. The van der Waals surface area contributed by atoms with Crippen molar-refractivity contribution in [2.24, 2.45) is 0 Å². The van der Waals surface area contributed by atoms with Crippen molar-refractivity contribution in [3.05, 3.63) is 177 Å². The highest BCUT2D eigenvalue weighted by Gasteiger charge is 2.41. The first-order chi connectivity index (χ1) is 33.6. The molecule has 0 saturated carbocycles. The molecule has 8 heteroatoms. The highest BCUT2D eigenvalue weighted by molar-refractivity contribution is 6.45. The third-order valence-corrected chi connectivity index (χ3v) is 14.7. The number of nitrogens with zero attached hydrogens (tertiary/aromatic N) is 2. The summed E-state index contributed by atoms with van der Waals surface area (Å²) >= 11 is 0. The van der Waals surface area contributed by atoms with Gasteiger partial charge >= 0.3 is 0 Å². The molecule has 0 unspecified atom stereocenters. The molecule has 4 amide bonds. The van der Waals surface area contributed by atoms with E-state index < -0.39 is 23.6 Å². The second-order valence-electron chi connectivity index (χ2n) is 20.1. The Morgan fingerprint density at radius 2 is 0.586 bits per heavy atom. The monoisotopic (exact) mass is 918 g/mol. The minimum absolute atomic E-state index is 0.0436. The van der Waals surface area contributed by atoms with E-state index in [0.29, 0.717) is 55.5 Å². The Labute approximate surface area is 405 Å². The molecule has 70 heavy (non-hydrogen) atoms. The van der Waals surface area contributed by atoms with Crippen LogP contribution in [0.1, 0.15) is 163 Å². The average Bonchev–Trinajstić information content (AvgIpc) is 3.36. The summed E-state index contributed by atoms with van der Waals surface area (Å²) < 4.78 is 0. The van der Waals surface area contributed by atoms with Crippen LogP contribution in [0.2, 0.25) is 0 Å². The molecule has 11 rings (SSSR count). The quantitative estimate of drug-likeness (QED) is 0.0585. The van der Waals surface area contributed by atoms with Crippen molar-refractivity contribution in [1.82, 2.24) is 0 Å². The molecule has 0 spiro atoms. The molecule has 0 aliphatic carbocycles. The van der Waals surface area contributed by atoms with Crippen LogP contribution in [0.3, 0.4) is 0 Å². The standard InChI is InChI=1S/C62H50N2O6/c1-31(2)49-25-39(37-13-9-35(29-65)10-14-37)26-50(32(3)4)57(49)63-59(67)45-21-17-41-43-19-23-47-56-48(24-20-44(54(43)56)42-18-22-46(60(63)68)55(45)53(41)42)62(70)64(61(47)69)58-51(33(5)6)27-40(28-52(58)34(7)8)38-15-11-36(30-66)12-16-38/h9-34H,1-8H3. The Morgan fingerprint density at radius 3 is 0.814 bits per heavy atom. The lowest BCUT2D eigenvalue weighted by atomic mass is 9.81. The van der Waals surface area contributed by atoms with E-state index in [1.54, 1.807) is 24.3 Å². The van der Waals surface area contributed by atoms with Crippen LogP contribution in [-0.2, 0) is 0 Å². The normalized spacial score (nSPS) is 13.8. The maximum absolute atomic E-state index is 15.1. The molecule has 344 valence electrons. The zero-order valence-corrected chi connectivity index (χ0v) is 40.4. The zero-order valence-electron chi connectivity index (χ0n) is 40.4. The van der Waals surface area contributed by atoms with Crippen LogP contribution in [-0.4, -0.2) is 36.2 Å². The summed E-state index contributed by atoms with van der Waals surface area (Å²) in [5.74, 6) is -1.76. The van der Waals surface area contributed by atoms with Crippen LogP contribution in [0.25, 0.3) is 65.3 Å². The van der Waals surface area contributed by atoms with Gasteiger partial charge in [-0.15, -0.1) is 0 Å². The molecule has 0 fully saturated rings. The minimum Gasteiger partial charge on any atom is -0.298 e. The predicted octanol–water partition coefficient (Wildman–Crippen LogP) is 14.8. The Hall–Kier alpha value is -8.10. The van der Waals surface area contributed by atoms with Crippen molar-refractivity contribution in [3.63, 3.8) is 0 Å². The third-order valence-electron chi connectivity index (χ3n) is 14.7. The number of anilines is 2. The number of fused-ring (bicyclic) bond motifs is 2. The van der Waals surface area contributed by atoms with E-state index in [2.05, 4.69) is 79.7 Å². The van der Waals surface area contributed by atoms with E-state index in [-0.39, 0.29) is 23.7 Å². The van der Waals surface area contributed by atoms with Crippen molar-refractivity contribution in [2.45, 2.75) is 79.1 Å². The van der Waals surface area contributed by atoms with Gasteiger partial charge in [0.2, 0.25) is 0 Å². The summed E-state index contributed by atoms with van der Waals surface area (Å²) in [5.41, 5.74) is 11.3. The summed E-state index contributed by atoms with van der Waals surface area (Å²) in [7, 11) is 0. The molecule has 2 aliphatic heterocycles. The number of rotatable bonds is 10. The van der Waals surface area contributed by atoms with Gasteiger partial charge in [-0.1, -0.05) is 128 Å². The maximum atomic E-state index is 15.1. The average molecular weight is 919 g/mol. The van der Waals surface area contributed by atoms with E-state index in [4.69, 9.17) is 0 Å². The lowest BCUT2D eigenvalue weighted by Crippen LogP contribution is -2.42. The molecule has 0 saturated heterocycles. The van der Waals surface area contributed by atoms with Crippen molar-refractivity contribution in [3.8, 4) is 22.3 Å². The molecule has 0 atom stereocenters. The molecular formula is C62H50N2O6. The number of amides is 4. The van der Waals surface area contributed by atoms with Crippen molar-refractivity contribution in [2.75, 3.05) is 9.80 Å². The number of carbonyl (C=O) groups excluding carboxylic acids is 6. The Balaban J connectivity index is 1.06. The molecule has 8 nitrogen and oxygen atoms in total. The molecule has 0 bridgehead atoms. The summed E-state index contributed by atoms with van der Waals surface area (Å²) in [5, 5.41) is 6.03. The van der Waals surface area contributed by atoms with Crippen molar-refractivity contribution >= 4 is 90.7 Å². The number of hydrogen-bond acceptors (Lipinski definition) is 6. The van der Waals surface area contributed by atoms with Gasteiger partial charge in [-0.3, -0.25) is 28.8 Å². The van der Waals surface area contributed by atoms with Crippen LogP contribution >= 0.6 is 0 Å². The first-order valence-corrected chi connectivity index (χ1v) is 24.1. The molecule has 0 N–H and O–H groups in total. The zero-order chi connectivity index (χ0) is 49.2. The number of aldehydes is 2. The van der Waals surface area contributed by atoms with E-state index >= 15 is 19.2 Å². The van der Waals surface area contributed by atoms with Gasteiger partial charge in [0.15, 0.2) is 0 Å². The first-order valence-electron chi connectivity index (χ1n) is 24.1. The SMILES string of the molecule is CC(C)c1cc(-c2ccc(C=O)cc2)cc(C(C)C)c1N1C(=O)c2ccc3c4ccc5c6c(ccc(c7ccc(c2c37)C1=O)c64)C(=O)N(c1c(C(C)C)cc(-c2ccc(C=O)cc2)cc1C(C)C)C5=O. The molecule has 0 aromatic heterocycles. The molecule has 2 aliphatic rings. The fourth-order valence-electron chi connectivity index (χ4n) is 11.2. The predicted molar refractivity (Wildman–Crippen MR) is 281 cm³/mol. The van der Waals surface area contributed by atoms with E-state index in [0.717, 1.165) is 89.4 Å². The van der Waals surface area contributed by atoms with Gasteiger partial charge < -0.3 is 0 Å². The topological polar surface area (TPSA) is 109 Å². The van der Waals surface area contributed by atoms with Gasteiger partial charge in [0.1, 0.15) is 12.6 Å². The lowest BCUT2D eigenvalue weighted by molar-refractivity contribution is 0.0877. The van der Waals surface area contributed by atoms with Crippen LogP contribution in [0.5, 0.6) is 0 Å². The first kappa shape index (κ1) is 44.4. The number of imide groups is 2. The van der Waals surface area contributed by atoms with Crippen molar-refractivity contribution in [1.29, 1.82) is 0 Å². The maximum Gasteiger partial charge on any atom is 0.266 e. The highest BCUT2D eigenvalue weighted by atomic mass is 16.2.